The van der Waals surface area contributed by atoms with Crippen LogP contribution >= 0.6 is 12.2 Å². The lowest BCUT2D eigenvalue weighted by Gasteiger charge is -2.00. The zero-order valence-corrected chi connectivity index (χ0v) is 8.51. The van der Waals surface area contributed by atoms with Crippen LogP contribution in [0.4, 0.5) is 0 Å². The third kappa shape index (κ3) is 1.85. The minimum absolute atomic E-state index is 0.511. The van der Waals surface area contributed by atoms with Crippen molar-refractivity contribution < 1.29 is 0 Å². The summed E-state index contributed by atoms with van der Waals surface area (Å²) >= 11 is 5.00. The van der Waals surface area contributed by atoms with Crippen molar-refractivity contribution in [2.45, 2.75) is 6.92 Å². The van der Waals surface area contributed by atoms with Gasteiger partial charge in [0.2, 0.25) is 0 Å². The second-order valence-electron chi connectivity index (χ2n) is 2.99. The number of H-pyrrole nitrogens is 1. The molecule has 0 aliphatic heterocycles. The van der Waals surface area contributed by atoms with Crippen molar-refractivity contribution >= 4 is 12.2 Å². The third-order valence-corrected chi connectivity index (χ3v) is 2.05. The molecule has 0 aromatic carbocycles. The van der Waals surface area contributed by atoms with E-state index in [1.165, 1.54) is 0 Å². The molecule has 4 heteroatoms. The number of rotatable bonds is 1. The molecule has 0 aliphatic rings. The van der Waals surface area contributed by atoms with E-state index in [2.05, 4.69) is 15.0 Å². The van der Waals surface area contributed by atoms with Crippen molar-refractivity contribution in [1.29, 1.82) is 0 Å². The lowest BCUT2D eigenvalue weighted by Crippen LogP contribution is -1.90. The molecule has 3 nitrogen and oxygen atoms in total. The van der Waals surface area contributed by atoms with E-state index < -0.39 is 0 Å². The molecule has 2 heterocycles. The first-order chi connectivity index (χ1) is 6.75. The van der Waals surface area contributed by atoms with Gasteiger partial charge >= 0.3 is 0 Å². The molecule has 0 spiro atoms. The maximum Gasteiger partial charge on any atom is 0.197 e. The lowest BCUT2D eigenvalue weighted by molar-refractivity contribution is 1.08. The topological polar surface area (TPSA) is 41.6 Å². The van der Waals surface area contributed by atoms with Crippen LogP contribution in [0.1, 0.15) is 5.69 Å². The molecule has 0 bridgehead atoms. The summed E-state index contributed by atoms with van der Waals surface area (Å²) in [4.78, 5) is 11.2. The van der Waals surface area contributed by atoms with E-state index in [1.807, 2.05) is 25.1 Å². The second kappa shape index (κ2) is 3.67. The molecule has 0 aliphatic carbocycles. The fraction of sp³-hybridized carbons (Fsp3) is 0.100. The van der Waals surface area contributed by atoms with Crippen LogP contribution in [0.5, 0.6) is 0 Å². The van der Waals surface area contributed by atoms with E-state index in [4.69, 9.17) is 12.2 Å². The smallest absolute Gasteiger partial charge is 0.197 e. The molecule has 2 aromatic heterocycles. The van der Waals surface area contributed by atoms with Gasteiger partial charge in [-0.3, -0.25) is 4.98 Å². The first-order valence-electron chi connectivity index (χ1n) is 4.24. The van der Waals surface area contributed by atoms with Gasteiger partial charge in [0.1, 0.15) is 0 Å². The van der Waals surface area contributed by atoms with Crippen LogP contribution in [0.3, 0.4) is 0 Å². The first-order valence-corrected chi connectivity index (χ1v) is 4.65. The SMILES string of the molecule is Cc1cc(-c2ccncc2)nc(=S)[nH]1. The van der Waals surface area contributed by atoms with E-state index in [0.717, 1.165) is 17.0 Å². The van der Waals surface area contributed by atoms with Gasteiger partial charge in [0.05, 0.1) is 5.69 Å². The molecule has 2 rings (SSSR count). The molecule has 14 heavy (non-hydrogen) atoms. The average molecular weight is 203 g/mol. The summed E-state index contributed by atoms with van der Waals surface area (Å²) in [5.74, 6) is 0. The van der Waals surface area contributed by atoms with Crippen LogP contribution in [-0.4, -0.2) is 15.0 Å². The monoisotopic (exact) mass is 203 g/mol. The molecule has 0 fully saturated rings. The number of aromatic amines is 1. The number of hydrogen-bond donors (Lipinski definition) is 1. The Balaban J connectivity index is 2.58. The number of hydrogen-bond acceptors (Lipinski definition) is 3. The summed E-state index contributed by atoms with van der Waals surface area (Å²) in [7, 11) is 0. The van der Waals surface area contributed by atoms with Crippen LogP contribution < -0.4 is 0 Å². The van der Waals surface area contributed by atoms with Gasteiger partial charge < -0.3 is 4.98 Å². The van der Waals surface area contributed by atoms with Gasteiger partial charge in [0, 0.05) is 23.7 Å². The zero-order chi connectivity index (χ0) is 9.97. The molecular weight excluding hydrogens is 194 g/mol. The highest BCUT2D eigenvalue weighted by molar-refractivity contribution is 7.71. The van der Waals surface area contributed by atoms with Crippen LogP contribution in [0.15, 0.2) is 30.6 Å². The maximum atomic E-state index is 5.00. The Bertz CT molecular complexity index is 490. The van der Waals surface area contributed by atoms with Crippen molar-refractivity contribution in [2.75, 3.05) is 0 Å². The quantitative estimate of drug-likeness (QED) is 0.724. The second-order valence-corrected chi connectivity index (χ2v) is 3.38. The largest absolute Gasteiger partial charge is 0.335 e. The van der Waals surface area contributed by atoms with E-state index in [9.17, 15) is 0 Å². The molecule has 0 unspecified atom stereocenters. The predicted octanol–water partition coefficient (Wildman–Crippen LogP) is 2.51. The highest BCUT2D eigenvalue weighted by Gasteiger charge is 1.98. The Labute approximate surface area is 86.9 Å². The van der Waals surface area contributed by atoms with Gasteiger partial charge in [-0.2, -0.15) is 0 Å². The van der Waals surface area contributed by atoms with E-state index in [1.54, 1.807) is 12.4 Å². The molecular formula is C10H9N3S. The summed E-state index contributed by atoms with van der Waals surface area (Å²) in [5, 5.41) is 0. The van der Waals surface area contributed by atoms with Gasteiger partial charge in [-0.1, -0.05) is 0 Å². The van der Waals surface area contributed by atoms with Gasteiger partial charge in [0.15, 0.2) is 4.77 Å². The maximum absolute atomic E-state index is 5.00. The summed E-state index contributed by atoms with van der Waals surface area (Å²) < 4.78 is 0.511. The number of aromatic nitrogens is 3. The molecule has 0 amide bonds. The highest BCUT2D eigenvalue weighted by Crippen LogP contribution is 2.15. The molecule has 2 aromatic rings. The van der Waals surface area contributed by atoms with Gasteiger partial charge in [0.25, 0.3) is 0 Å². The molecule has 0 atom stereocenters. The Morgan fingerprint density at radius 1 is 1.29 bits per heavy atom. The summed E-state index contributed by atoms with van der Waals surface area (Å²) in [5.41, 5.74) is 2.92. The van der Waals surface area contributed by atoms with Crippen molar-refractivity contribution in [3.63, 3.8) is 0 Å². The van der Waals surface area contributed by atoms with Crippen LogP contribution in [0.25, 0.3) is 11.3 Å². The summed E-state index contributed by atoms with van der Waals surface area (Å²) in [6.45, 7) is 1.96. The molecule has 0 radical (unpaired) electrons. The Morgan fingerprint density at radius 3 is 2.64 bits per heavy atom. The minimum atomic E-state index is 0.511. The van der Waals surface area contributed by atoms with E-state index in [-0.39, 0.29) is 0 Å². The standard InChI is InChI=1S/C10H9N3S/c1-7-6-9(13-10(14)12-7)8-2-4-11-5-3-8/h2-6H,1H3,(H,12,13,14). The minimum Gasteiger partial charge on any atom is -0.335 e. The van der Waals surface area contributed by atoms with Gasteiger partial charge in [-0.05, 0) is 37.3 Å². The number of nitrogens with one attached hydrogen (secondary N) is 1. The lowest BCUT2D eigenvalue weighted by atomic mass is 10.2. The number of aryl methyl sites for hydroxylation is 1. The van der Waals surface area contributed by atoms with Gasteiger partial charge in [-0.15, -0.1) is 0 Å². The Morgan fingerprint density at radius 2 is 2.00 bits per heavy atom. The van der Waals surface area contributed by atoms with Crippen LogP contribution in [0.2, 0.25) is 0 Å². The Kier molecular flexibility index (Phi) is 2.37. The van der Waals surface area contributed by atoms with Crippen molar-refractivity contribution in [2.24, 2.45) is 0 Å². The van der Waals surface area contributed by atoms with Gasteiger partial charge in [-0.25, -0.2) is 4.98 Å². The first kappa shape index (κ1) is 9.02. The fourth-order valence-electron chi connectivity index (χ4n) is 1.25. The number of nitrogens with zero attached hydrogens (tertiary/aromatic N) is 2. The van der Waals surface area contributed by atoms with Crippen molar-refractivity contribution in [3.8, 4) is 11.3 Å². The third-order valence-electron chi connectivity index (χ3n) is 1.86. The van der Waals surface area contributed by atoms with Crippen molar-refractivity contribution in [3.05, 3.63) is 41.1 Å². The summed E-state index contributed by atoms with van der Waals surface area (Å²) in [6.07, 6.45) is 3.48. The Hall–Kier alpha value is -1.55. The summed E-state index contributed by atoms with van der Waals surface area (Å²) in [6, 6.07) is 5.79. The highest BCUT2D eigenvalue weighted by atomic mass is 32.1. The van der Waals surface area contributed by atoms with Crippen molar-refractivity contribution in [1.82, 2.24) is 15.0 Å². The fourth-order valence-corrected chi connectivity index (χ4v) is 1.51. The average Bonchev–Trinajstić information content (AvgIpc) is 2.18. The van der Waals surface area contributed by atoms with E-state index >= 15 is 0 Å². The molecule has 70 valence electrons. The molecule has 1 N–H and O–H groups in total. The molecule has 0 saturated heterocycles. The normalized spacial score (nSPS) is 10.1. The number of pyridine rings is 1. The zero-order valence-electron chi connectivity index (χ0n) is 7.69. The van der Waals surface area contributed by atoms with Crippen LogP contribution in [-0.2, 0) is 0 Å². The van der Waals surface area contributed by atoms with E-state index in [0.29, 0.717) is 4.77 Å². The molecule has 0 saturated carbocycles. The predicted molar refractivity (Wildman–Crippen MR) is 57.4 cm³/mol. The van der Waals surface area contributed by atoms with Crippen LogP contribution in [0, 0.1) is 11.7 Å².